The number of piperidine rings is 1. The lowest BCUT2D eigenvalue weighted by Gasteiger charge is -2.33. The van der Waals surface area contributed by atoms with E-state index >= 15 is 0 Å². The minimum Gasteiger partial charge on any atom is -0.490 e. The number of rotatable bonds is 4. The first kappa shape index (κ1) is 13.4. The highest BCUT2D eigenvalue weighted by atomic mass is 35.5. The predicted molar refractivity (Wildman–Crippen MR) is 70.5 cm³/mol. The van der Waals surface area contributed by atoms with Gasteiger partial charge in [-0.2, -0.15) is 0 Å². The molecule has 5 nitrogen and oxygen atoms in total. The van der Waals surface area contributed by atoms with E-state index in [4.69, 9.17) is 21.1 Å². The van der Waals surface area contributed by atoms with E-state index in [0.29, 0.717) is 10.9 Å². The Kier molecular flexibility index (Phi) is 4.60. The van der Waals surface area contributed by atoms with Crippen molar-refractivity contribution in [3.8, 4) is 5.75 Å². The van der Waals surface area contributed by atoms with Gasteiger partial charge in [-0.1, -0.05) is 11.6 Å². The zero-order chi connectivity index (χ0) is 13.0. The first-order valence-corrected chi connectivity index (χ1v) is 6.55. The summed E-state index contributed by atoms with van der Waals surface area (Å²) < 4.78 is 11.0. The molecule has 1 fully saturated rings. The lowest BCUT2D eigenvalue weighted by atomic mass is 10.1. The molecule has 0 aliphatic carbocycles. The van der Waals surface area contributed by atoms with Gasteiger partial charge < -0.3 is 14.4 Å². The number of nitrogens with zero attached hydrogens (tertiary/aromatic N) is 3. The van der Waals surface area contributed by atoms with Crippen LogP contribution in [0.2, 0.25) is 5.15 Å². The second kappa shape index (κ2) is 6.20. The Labute approximate surface area is 112 Å². The SMILES string of the molecule is CCOC1CCCN(c2ncnc(Cl)c2OC)C1. The Bertz CT molecular complexity index is 401. The smallest absolute Gasteiger partial charge is 0.199 e. The minimum absolute atomic E-state index is 0.252. The van der Waals surface area contributed by atoms with Gasteiger partial charge in [-0.05, 0) is 19.8 Å². The summed E-state index contributed by atoms with van der Waals surface area (Å²) in [5.41, 5.74) is 0. The highest BCUT2D eigenvalue weighted by Crippen LogP contribution is 2.33. The third kappa shape index (κ3) is 2.84. The van der Waals surface area contributed by atoms with Gasteiger partial charge in [-0.25, -0.2) is 9.97 Å². The van der Waals surface area contributed by atoms with Crippen molar-refractivity contribution in [2.75, 3.05) is 31.7 Å². The molecule has 1 unspecified atom stereocenters. The number of methoxy groups -OCH3 is 1. The molecule has 0 bridgehead atoms. The van der Waals surface area contributed by atoms with Gasteiger partial charge in [0.2, 0.25) is 0 Å². The largest absolute Gasteiger partial charge is 0.490 e. The summed E-state index contributed by atoms with van der Waals surface area (Å²) in [4.78, 5) is 10.4. The van der Waals surface area contributed by atoms with E-state index in [1.54, 1.807) is 7.11 Å². The van der Waals surface area contributed by atoms with Crippen molar-refractivity contribution in [1.82, 2.24) is 9.97 Å². The minimum atomic E-state index is 0.252. The molecule has 2 heterocycles. The quantitative estimate of drug-likeness (QED) is 0.786. The van der Waals surface area contributed by atoms with Crippen LogP contribution in [0.5, 0.6) is 5.75 Å². The van der Waals surface area contributed by atoms with Crippen LogP contribution in [0.1, 0.15) is 19.8 Å². The third-order valence-corrected chi connectivity index (χ3v) is 3.29. The van der Waals surface area contributed by atoms with Gasteiger partial charge in [-0.15, -0.1) is 0 Å². The van der Waals surface area contributed by atoms with Gasteiger partial charge in [0.05, 0.1) is 13.2 Å². The maximum absolute atomic E-state index is 6.01. The predicted octanol–water partition coefficient (Wildman–Crippen LogP) is 2.14. The second-order valence-corrected chi connectivity index (χ2v) is 4.54. The van der Waals surface area contributed by atoms with Gasteiger partial charge in [0, 0.05) is 19.7 Å². The number of hydrogen-bond acceptors (Lipinski definition) is 5. The van der Waals surface area contributed by atoms with Gasteiger partial charge in [0.15, 0.2) is 16.7 Å². The van der Waals surface area contributed by atoms with Crippen LogP contribution in [0.3, 0.4) is 0 Å². The van der Waals surface area contributed by atoms with Crippen LogP contribution in [0.25, 0.3) is 0 Å². The fourth-order valence-electron chi connectivity index (χ4n) is 2.25. The summed E-state index contributed by atoms with van der Waals surface area (Å²) >= 11 is 6.01. The van der Waals surface area contributed by atoms with E-state index in [-0.39, 0.29) is 6.10 Å². The summed E-state index contributed by atoms with van der Waals surface area (Å²) in [6.45, 7) is 4.51. The Hall–Kier alpha value is -1.07. The number of halogens is 1. The molecule has 0 aromatic carbocycles. The number of anilines is 1. The molecular weight excluding hydrogens is 254 g/mol. The summed E-state index contributed by atoms with van der Waals surface area (Å²) in [5, 5.41) is 0.348. The summed E-state index contributed by atoms with van der Waals surface area (Å²) in [5.74, 6) is 1.29. The molecule has 1 aromatic heterocycles. The van der Waals surface area contributed by atoms with E-state index in [1.807, 2.05) is 6.92 Å². The van der Waals surface area contributed by atoms with Crippen LogP contribution in [0.15, 0.2) is 6.33 Å². The summed E-state index contributed by atoms with van der Waals surface area (Å²) in [6.07, 6.45) is 3.88. The molecule has 0 amide bonds. The Balaban J connectivity index is 2.18. The van der Waals surface area contributed by atoms with Crippen LogP contribution in [-0.4, -0.2) is 42.9 Å². The van der Waals surface area contributed by atoms with Crippen molar-refractivity contribution in [2.45, 2.75) is 25.9 Å². The fraction of sp³-hybridized carbons (Fsp3) is 0.667. The van der Waals surface area contributed by atoms with Crippen LogP contribution in [0, 0.1) is 0 Å². The Morgan fingerprint density at radius 1 is 1.50 bits per heavy atom. The van der Waals surface area contributed by atoms with E-state index in [9.17, 15) is 0 Å². The average molecular weight is 272 g/mol. The monoisotopic (exact) mass is 271 g/mol. The van der Waals surface area contributed by atoms with Crippen molar-refractivity contribution >= 4 is 17.4 Å². The van der Waals surface area contributed by atoms with Gasteiger partial charge in [0.1, 0.15) is 6.33 Å². The van der Waals surface area contributed by atoms with Crippen molar-refractivity contribution in [1.29, 1.82) is 0 Å². The van der Waals surface area contributed by atoms with Crippen molar-refractivity contribution in [2.24, 2.45) is 0 Å². The number of hydrogen-bond donors (Lipinski definition) is 0. The molecule has 0 spiro atoms. The molecule has 0 saturated carbocycles. The van der Waals surface area contributed by atoms with E-state index in [2.05, 4.69) is 14.9 Å². The van der Waals surface area contributed by atoms with Crippen LogP contribution < -0.4 is 9.64 Å². The standard InChI is InChI=1S/C12H18ClN3O2/c1-3-18-9-5-4-6-16(7-9)12-10(17-2)11(13)14-8-15-12/h8-9H,3-7H2,1-2H3. The molecule has 1 atom stereocenters. The molecule has 100 valence electrons. The molecule has 1 saturated heterocycles. The Morgan fingerprint density at radius 2 is 2.33 bits per heavy atom. The van der Waals surface area contributed by atoms with E-state index in [1.165, 1.54) is 6.33 Å². The molecule has 0 radical (unpaired) electrons. The molecule has 2 rings (SSSR count). The van der Waals surface area contributed by atoms with Gasteiger partial charge in [0.25, 0.3) is 0 Å². The van der Waals surface area contributed by atoms with Gasteiger partial charge >= 0.3 is 0 Å². The highest BCUT2D eigenvalue weighted by Gasteiger charge is 2.24. The lowest BCUT2D eigenvalue weighted by Crippen LogP contribution is -2.40. The number of aromatic nitrogens is 2. The molecular formula is C12H18ClN3O2. The van der Waals surface area contributed by atoms with Crippen LogP contribution in [-0.2, 0) is 4.74 Å². The average Bonchev–Trinajstić information content (AvgIpc) is 2.39. The Morgan fingerprint density at radius 3 is 3.06 bits per heavy atom. The van der Waals surface area contributed by atoms with E-state index < -0.39 is 0 Å². The van der Waals surface area contributed by atoms with Crippen molar-refractivity contribution in [3.05, 3.63) is 11.5 Å². The van der Waals surface area contributed by atoms with Crippen LogP contribution >= 0.6 is 11.6 Å². The first-order chi connectivity index (χ1) is 8.76. The van der Waals surface area contributed by atoms with Gasteiger partial charge in [-0.3, -0.25) is 0 Å². The highest BCUT2D eigenvalue weighted by molar-refractivity contribution is 6.31. The topological polar surface area (TPSA) is 47.5 Å². The summed E-state index contributed by atoms with van der Waals surface area (Å²) in [7, 11) is 1.58. The molecule has 1 aromatic rings. The maximum atomic E-state index is 6.01. The maximum Gasteiger partial charge on any atom is 0.199 e. The lowest BCUT2D eigenvalue weighted by molar-refractivity contribution is 0.0524. The second-order valence-electron chi connectivity index (χ2n) is 4.19. The normalized spacial score (nSPS) is 19.9. The molecule has 6 heteroatoms. The number of ether oxygens (including phenoxy) is 2. The molecule has 1 aliphatic heterocycles. The fourth-order valence-corrected chi connectivity index (χ4v) is 2.45. The zero-order valence-corrected chi connectivity index (χ0v) is 11.5. The summed E-state index contributed by atoms with van der Waals surface area (Å²) in [6, 6.07) is 0. The molecule has 1 aliphatic rings. The van der Waals surface area contributed by atoms with Crippen LogP contribution in [0.4, 0.5) is 5.82 Å². The third-order valence-electron chi connectivity index (χ3n) is 3.03. The first-order valence-electron chi connectivity index (χ1n) is 6.17. The molecule has 18 heavy (non-hydrogen) atoms. The van der Waals surface area contributed by atoms with Crippen molar-refractivity contribution < 1.29 is 9.47 Å². The molecule has 0 N–H and O–H groups in total. The van der Waals surface area contributed by atoms with Crippen molar-refractivity contribution in [3.63, 3.8) is 0 Å². The van der Waals surface area contributed by atoms with E-state index in [0.717, 1.165) is 38.4 Å². The zero-order valence-electron chi connectivity index (χ0n) is 10.7.